The highest BCUT2D eigenvalue weighted by molar-refractivity contribution is 5.75. The molecule has 1 fully saturated rings. The highest BCUT2D eigenvalue weighted by Crippen LogP contribution is 2.31. The summed E-state index contributed by atoms with van der Waals surface area (Å²) in [6.07, 6.45) is 8.64. The molecule has 0 bridgehead atoms. The minimum Gasteiger partial charge on any atom is -0.490 e. The minimum absolute atomic E-state index is 0.102. The van der Waals surface area contributed by atoms with Crippen LogP contribution in [0.15, 0.2) is 18.5 Å². The number of hydrogen-bond donors (Lipinski definition) is 1. The van der Waals surface area contributed by atoms with Crippen LogP contribution in [0.5, 0.6) is 5.75 Å². The maximum atomic E-state index is 11.5. The summed E-state index contributed by atoms with van der Waals surface area (Å²) in [7, 11) is 2.15. The first-order valence-electron chi connectivity index (χ1n) is 8.25. The second kappa shape index (κ2) is 8.73. The zero-order valence-electron chi connectivity index (χ0n) is 13.7. The monoisotopic (exact) mass is 305 g/mol. The fourth-order valence-corrected chi connectivity index (χ4v) is 2.81. The van der Waals surface area contributed by atoms with Gasteiger partial charge < -0.3 is 10.1 Å². The van der Waals surface area contributed by atoms with Gasteiger partial charge in [-0.25, -0.2) is 0 Å². The number of nitrogens with one attached hydrogen (secondary N) is 1. The van der Waals surface area contributed by atoms with Gasteiger partial charge in [-0.3, -0.25) is 14.7 Å². The van der Waals surface area contributed by atoms with Crippen molar-refractivity contribution >= 4 is 5.91 Å². The maximum Gasteiger partial charge on any atom is 0.220 e. The predicted octanol–water partition coefficient (Wildman–Crippen LogP) is 2.53. The van der Waals surface area contributed by atoms with E-state index in [1.165, 1.54) is 18.4 Å². The van der Waals surface area contributed by atoms with Gasteiger partial charge >= 0.3 is 0 Å². The second-order valence-corrected chi connectivity index (χ2v) is 5.89. The fourth-order valence-electron chi connectivity index (χ4n) is 2.81. The maximum absolute atomic E-state index is 11.5. The molecule has 1 aromatic heterocycles. The van der Waals surface area contributed by atoms with Crippen molar-refractivity contribution in [1.82, 2.24) is 15.2 Å². The van der Waals surface area contributed by atoms with Crippen LogP contribution in [0.25, 0.3) is 0 Å². The number of likely N-dealkylation sites (tertiary alicyclic amines) is 1. The molecule has 1 aliphatic heterocycles. The van der Waals surface area contributed by atoms with Crippen LogP contribution in [-0.4, -0.2) is 42.5 Å². The quantitative estimate of drug-likeness (QED) is 0.750. The van der Waals surface area contributed by atoms with Crippen molar-refractivity contribution in [1.29, 1.82) is 0 Å². The number of nitrogens with zero attached hydrogens (tertiary/aromatic N) is 2. The number of pyridine rings is 1. The van der Waals surface area contributed by atoms with Gasteiger partial charge in [0.1, 0.15) is 12.4 Å². The molecule has 122 valence electrons. The summed E-state index contributed by atoms with van der Waals surface area (Å²) in [5.41, 5.74) is 1.21. The molecule has 2 rings (SSSR count). The Kier molecular flexibility index (Phi) is 6.65. The third-order valence-electron chi connectivity index (χ3n) is 4.09. The largest absolute Gasteiger partial charge is 0.490 e. The summed E-state index contributed by atoms with van der Waals surface area (Å²) in [4.78, 5) is 18.1. The van der Waals surface area contributed by atoms with Gasteiger partial charge in [0.25, 0.3) is 0 Å². The van der Waals surface area contributed by atoms with Crippen molar-refractivity contribution in [3.63, 3.8) is 0 Å². The fraction of sp³-hybridized carbons (Fsp3) is 0.647. The van der Waals surface area contributed by atoms with E-state index in [-0.39, 0.29) is 5.91 Å². The van der Waals surface area contributed by atoms with E-state index in [4.69, 9.17) is 4.74 Å². The van der Waals surface area contributed by atoms with Crippen LogP contribution in [0.1, 0.15) is 50.6 Å². The summed E-state index contributed by atoms with van der Waals surface area (Å²) in [6.45, 7) is 4.23. The molecular formula is C17H27N3O2. The van der Waals surface area contributed by atoms with Crippen molar-refractivity contribution in [3.8, 4) is 5.75 Å². The Morgan fingerprint density at radius 1 is 1.50 bits per heavy atom. The average molecular weight is 305 g/mol. The lowest BCUT2D eigenvalue weighted by molar-refractivity contribution is -0.121. The molecule has 1 amide bonds. The van der Waals surface area contributed by atoms with Crippen LogP contribution in [0.2, 0.25) is 0 Å². The highest BCUT2D eigenvalue weighted by Gasteiger charge is 2.22. The molecule has 1 aliphatic rings. The smallest absolute Gasteiger partial charge is 0.220 e. The Morgan fingerprint density at radius 3 is 3.09 bits per heavy atom. The zero-order valence-corrected chi connectivity index (χ0v) is 13.7. The SMILES string of the molecule is CCCCC(=O)NCCOc1cncc([C@@H]2CCCN2C)c1. The van der Waals surface area contributed by atoms with Crippen LogP contribution in [0, 0.1) is 0 Å². The molecule has 5 nitrogen and oxygen atoms in total. The third-order valence-corrected chi connectivity index (χ3v) is 4.09. The molecule has 2 heterocycles. The Morgan fingerprint density at radius 2 is 2.36 bits per heavy atom. The number of rotatable bonds is 8. The van der Waals surface area contributed by atoms with Crippen molar-refractivity contribution in [2.24, 2.45) is 0 Å². The van der Waals surface area contributed by atoms with E-state index in [1.807, 2.05) is 6.20 Å². The lowest BCUT2D eigenvalue weighted by atomic mass is 10.1. The topological polar surface area (TPSA) is 54.5 Å². The molecule has 1 N–H and O–H groups in total. The van der Waals surface area contributed by atoms with Crippen LogP contribution >= 0.6 is 0 Å². The van der Waals surface area contributed by atoms with Gasteiger partial charge in [-0.05, 0) is 44.5 Å². The summed E-state index contributed by atoms with van der Waals surface area (Å²) in [6, 6.07) is 2.52. The van der Waals surface area contributed by atoms with Crippen LogP contribution in [-0.2, 0) is 4.79 Å². The van der Waals surface area contributed by atoms with Crippen molar-refractivity contribution in [2.45, 2.75) is 45.1 Å². The molecule has 1 saturated heterocycles. The molecule has 1 aromatic rings. The molecular weight excluding hydrogens is 278 g/mol. The molecule has 0 unspecified atom stereocenters. The molecule has 0 saturated carbocycles. The van der Waals surface area contributed by atoms with Gasteiger partial charge in [-0.2, -0.15) is 0 Å². The van der Waals surface area contributed by atoms with Gasteiger partial charge in [0.2, 0.25) is 5.91 Å². The summed E-state index contributed by atoms with van der Waals surface area (Å²) in [5, 5.41) is 2.87. The first-order valence-corrected chi connectivity index (χ1v) is 8.25. The highest BCUT2D eigenvalue weighted by atomic mass is 16.5. The van der Waals surface area contributed by atoms with Crippen LogP contribution in [0.4, 0.5) is 0 Å². The van der Waals surface area contributed by atoms with Crippen LogP contribution in [0.3, 0.4) is 0 Å². The lowest BCUT2D eigenvalue weighted by Gasteiger charge is -2.19. The first kappa shape index (κ1) is 16.7. The molecule has 0 spiro atoms. The number of ether oxygens (including phenoxy) is 1. The lowest BCUT2D eigenvalue weighted by Crippen LogP contribution is -2.27. The van der Waals surface area contributed by atoms with Gasteiger partial charge in [-0.1, -0.05) is 13.3 Å². The van der Waals surface area contributed by atoms with Gasteiger partial charge in [0.15, 0.2) is 0 Å². The summed E-state index contributed by atoms with van der Waals surface area (Å²) < 4.78 is 5.70. The normalized spacial score (nSPS) is 18.4. The van der Waals surface area contributed by atoms with Crippen molar-refractivity contribution in [3.05, 3.63) is 24.0 Å². The molecule has 0 aliphatic carbocycles. The Hall–Kier alpha value is -1.62. The van der Waals surface area contributed by atoms with E-state index in [2.05, 4.69) is 35.2 Å². The summed E-state index contributed by atoms with van der Waals surface area (Å²) >= 11 is 0. The molecule has 22 heavy (non-hydrogen) atoms. The second-order valence-electron chi connectivity index (χ2n) is 5.89. The number of carbonyl (C=O) groups is 1. The van der Waals surface area contributed by atoms with E-state index < -0.39 is 0 Å². The predicted molar refractivity (Wildman–Crippen MR) is 86.9 cm³/mol. The number of carbonyl (C=O) groups excluding carboxylic acids is 1. The molecule has 0 aromatic carbocycles. The van der Waals surface area contributed by atoms with E-state index in [0.29, 0.717) is 25.6 Å². The van der Waals surface area contributed by atoms with Gasteiger partial charge in [0, 0.05) is 18.7 Å². The Labute approximate surface area is 133 Å². The molecule has 1 atom stereocenters. The molecule has 5 heteroatoms. The Balaban J connectivity index is 1.75. The van der Waals surface area contributed by atoms with Gasteiger partial charge in [0.05, 0.1) is 12.7 Å². The van der Waals surface area contributed by atoms with Crippen molar-refractivity contribution < 1.29 is 9.53 Å². The van der Waals surface area contributed by atoms with Crippen molar-refractivity contribution in [2.75, 3.05) is 26.7 Å². The number of amides is 1. The standard InChI is InChI=1S/C17H27N3O2/c1-3-4-7-17(21)19-8-10-22-15-11-14(12-18-13-15)16-6-5-9-20(16)2/h11-13,16H,3-10H2,1-2H3,(H,19,21)/t16-/m0/s1. The number of hydrogen-bond acceptors (Lipinski definition) is 4. The van der Waals surface area contributed by atoms with Gasteiger partial charge in [-0.15, -0.1) is 0 Å². The third kappa shape index (κ3) is 4.98. The summed E-state index contributed by atoms with van der Waals surface area (Å²) in [5.74, 6) is 0.880. The average Bonchev–Trinajstić information content (AvgIpc) is 2.96. The minimum atomic E-state index is 0.102. The van der Waals surface area contributed by atoms with E-state index in [1.54, 1.807) is 6.20 Å². The zero-order chi connectivity index (χ0) is 15.8. The van der Waals surface area contributed by atoms with E-state index in [0.717, 1.165) is 25.1 Å². The molecule has 0 radical (unpaired) electrons. The van der Waals surface area contributed by atoms with E-state index >= 15 is 0 Å². The number of unbranched alkanes of at least 4 members (excludes halogenated alkanes) is 1. The van der Waals surface area contributed by atoms with E-state index in [9.17, 15) is 4.79 Å². The number of aromatic nitrogens is 1. The first-order chi connectivity index (χ1) is 10.7. The Bertz CT molecular complexity index is 479. The van der Waals surface area contributed by atoms with Crippen LogP contribution < -0.4 is 10.1 Å².